The molecule has 2 heterocycles. The number of carbonyl (C=O) groups excluding carboxylic acids is 3. The average Bonchev–Trinajstić information content (AvgIpc) is 3.37. The smallest absolute Gasteiger partial charge is 0.330 e. The Morgan fingerprint density at radius 2 is 1.82 bits per heavy atom. The highest BCUT2D eigenvalue weighted by atomic mass is 32.1. The van der Waals surface area contributed by atoms with Crippen molar-refractivity contribution < 1.29 is 24.2 Å². The zero-order valence-electron chi connectivity index (χ0n) is 22.0. The van der Waals surface area contributed by atoms with Crippen molar-refractivity contribution in [1.82, 2.24) is 20.6 Å². The molecule has 3 aromatic rings. The van der Waals surface area contributed by atoms with Crippen molar-refractivity contribution in [2.75, 3.05) is 25.5 Å². The van der Waals surface area contributed by atoms with Gasteiger partial charge in [0.05, 0.1) is 28.9 Å². The van der Waals surface area contributed by atoms with Gasteiger partial charge in [-0.05, 0) is 62.9 Å². The second-order valence-electron chi connectivity index (χ2n) is 8.67. The minimum atomic E-state index is -1.09. The third-order valence-electron chi connectivity index (χ3n) is 5.83. The molecule has 0 aliphatic rings. The normalized spacial score (nSPS) is 11.5. The maximum atomic E-state index is 13.1. The fourth-order valence-electron chi connectivity index (χ4n) is 3.87. The summed E-state index contributed by atoms with van der Waals surface area (Å²) in [6.45, 7) is 5.87. The van der Waals surface area contributed by atoms with Crippen molar-refractivity contribution in [3.05, 3.63) is 68.7 Å². The Bertz CT molecular complexity index is 1270. The number of anilines is 1. The summed E-state index contributed by atoms with van der Waals surface area (Å²) in [5.74, 6) is -0.909. The van der Waals surface area contributed by atoms with E-state index >= 15 is 0 Å². The molecule has 4 N–H and O–H groups in total. The van der Waals surface area contributed by atoms with Crippen LogP contribution >= 0.6 is 11.3 Å². The predicted octanol–water partition coefficient (Wildman–Crippen LogP) is 3.17. The van der Waals surface area contributed by atoms with Crippen LogP contribution in [0, 0.1) is 13.8 Å². The molecule has 11 heteroatoms. The number of aromatic hydroxyl groups is 1. The van der Waals surface area contributed by atoms with E-state index in [0.29, 0.717) is 28.8 Å². The number of esters is 1. The summed E-state index contributed by atoms with van der Waals surface area (Å²) in [5.41, 5.74) is 2.18. The van der Waals surface area contributed by atoms with Crippen LogP contribution in [0.2, 0.25) is 0 Å². The van der Waals surface area contributed by atoms with Crippen molar-refractivity contribution in [3.8, 4) is 5.75 Å². The minimum Gasteiger partial charge on any atom is -0.508 e. The van der Waals surface area contributed by atoms with Gasteiger partial charge < -0.3 is 25.8 Å². The second kappa shape index (κ2) is 13.5. The van der Waals surface area contributed by atoms with Crippen LogP contribution < -0.4 is 16.0 Å². The minimum absolute atomic E-state index is 0.131. The standard InChI is InChI=1S/C27H33N5O5S/c1-5-20-11-12-22(38-20)24(34)29-15-21(26(36)37-4)32-25(35)23-16(2)30-27(31-17(23)3)28-13-7-9-18-8-6-10-19(33)14-18/h6,8,10-12,14,21,33H,5,7,9,13,15H2,1-4H3,(H,29,34)(H,32,35)(H,28,30,31)/t21-/m0/s1. The number of carbonyl (C=O) groups is 3. The Kier molecular flexibility index (Phi) is 10.2. The molecule has 0 radical (unpaired) electrons. The summed E-state index contributed by atoms with van der Waals surface area (Å²) in [7, 11) is 1.22. The molecule has 0 unspecified atom stereocenters. The Labute approximate surface area is 225 Å². The maximum Gasteiger partial charge on any atom is 0.330 e. The molecule has 3 rings (SSSR count). The Balaban J connectivity index is 1.59. The number of aromatic nitrogens is 2. The number of methoxy groups -OCH3 is 1. The first kappa shape index (κ1) is 28.6. The molecule has 0 saturated carbocycles. The van der Waals surface area contributed by atoms with E-state index in [9.17, 15) is 19.5 Å². The second-order valence-corrected chi connectivity index (χ2v) is 9.84. The van der Waals surface area contributed by atoms with Gasteiger partial charge in [0.25, 0.3) is 11.8 Å². The van der Waals surface area contributed by atoms with Crippen molar-refractivity contribution in [3.63, 3.8) is 0 Å². The molecule has 0 fully saturated rings. The summed E-state index contributed by atoms with van der Waals surface area (Å²) in [5, 5.41) is 18.1. The van der Waals surface area contributed by atoms with Crippen LogP contribution in [0.4, 0.5) is 5.95 Å². The van der Waals surface area contributed by atoms with Crippen molar-refractivity contribution >= 4 is 35.1 Å². The van der Waals surface area contributed by atoms with Crippen LogP contribution in [0.3, 0.4) is 0 Å². The van der Waals surface area contributed by atoms with Gasteiger partial charge in [-0.1, -0.05) is 19.1 Å². The maximum absolute atomic E-state index is 13.1. The SMILES string of the molecule is CCc1ccc(C(=O)NC[C@H](NC(=O)c2c(C)nc(NCCCc3cccc(O)c3)nc2C)C(=O)OC)s1. The zero-order chi connectivity index (χ0) is 27.7. The van der Waals surface area contributed by atoms with Gasteiger partial charge in [-0.2, -0.15) is 0 Å². The van der Waals surface area contributed by atoms with Gasteiger partial charge in [0.2, 0.25) is 5.95 Å². The van der Waals surface area contributed by atoms with E-state index in [2.05, 4.69) is 25.9 Å². The van der Waals surface area contributed by atoms with Gasteiger partial charge in [-0.25, -0.2) is 14.8 Å². The molecule has 0 aliphatic heterocycles. The van der Waals surface area contributed by atoms with Gasteiger partial charge in [0.1, 0.15) is 11.8 Å². The molecule has 1 atom stereocenters. The van der Waals surface area contributed by atoms with Gasteiger partial charge in [-0.15, -0.1) is 11.3 Å². The molecule has 0 saturated heterocycles. The lowest BCUT2D eigenvalue weighted by atomic mass is 10.1. The van der Waals surface area contributed by atoms with Crippen LogP contribution in [-0.4, -0.2) is 59.1 Å². The lowest BCUT2D eigenvalue weighted by molar-refractivity contribution is -0.142. The van der Waals surface area contributed by atoms with E-state index in [4.69, 9.17) is 4.74 Å². The topological polar surface area (TPSA) is 143 Å². The lowest BCUT2D eigenvalue weighted by Crippen LogP contribution is -2.49. The lowest BCUT2D eigenvalue weighted by Gasteiger charge is -2.18. The van der Waals surface area contributed by atoms with Gasteiger partial charge in [0, 0.05) is 18.0 Å². The number of ether oxygens (including phenoxy) is 1. The quantitative estimate of drug-likeness (QED) is 0.203. The van der Waals surface area contributed by atoms with Crippen LogP contribution in [0.25, 0.3) is 0 Å². The summed E-state index contributed by atoms with van der Waals surface area (Å²) in [4.78, 5) is 48.3. The first-order valence-electron chi connectivity index (χ1n) is 12.3. The molecular formula is C27H33N5O5S. The van der Waals surface area contributed by atoms with Gasteiger partial charge in [-0.3, -0.25) is 9.59 Å². The molecule has 0 bridgehead atoms. The third-order valence-corrected chi connectivity index (χ3v) is 7.05. The van der Waals surface area contributed by atoms with E-state index in [1.54, 1.807) is 32.0 Å². The Morgan fingerprint density at radius 1 is 1.08 bits per heavy atom. The van der Waals surface area contributed by atoms with E-state index in [1.807, 2.05) is 25.1 Å². The van der Waals surface area contributed by atoms with E-state index < -0.39 is 17.9 Å². The van der Waals surface area contributed by atoms with Crippen LogP contribution in [0.15, 0.2) is 36.4 Å². The molecule has 10 nitrogen and oxygen atoms in total. The van der Waals surface area contributed by atoms with Crippen molar-refractivity contribution in [2.45, 2.75) is 46.1 Å². The number of phenols is 1. The summed E-state index contributed by atoms with van der Waals surface area (Å²) in [6, 6.07) is 9.66. The number of nitrogens with one attached hydrogen (secondary N) is 3. The van der Waals surface area contributed by atoms with E-state index in [1.165, 1.54) is 18.4 Å². The first-order chi connectivity index (χ1) is 18.2. The largest absolute Gasteiger partial charge is 0.508 e. The van der Waals surface area contributed by atoms with Crippen molar-refractivity contribution in [2.24, 2.45) is 0 Å². The van der Waals surface area contributed by atoms with Gasteiger partial charge >= 0.3 is 5.97 Å². The molecule has 0 aliphatic carbocycles. The number of hydrogen-bond acceptors (Lipinski definition) is 9. The van der Waals surface area contributed by atoms with Gasteiger partial charge in [0.15, 0.2) is 0 Å². The monoisotopic (exact) mass is 539 g/mol. The van der Waals surface area contributed by atoms with Crippen LogP contribution in [0.1, 0.15) is 55.2 Å². The Morgan fingerprint density at radius 3 is 2.45 bits per heavy atom. The number of amides is 2. The summed E-state index contributed by atoms with van der Waals surface area (Å²) < 4.78 is 4.82. The van der Waals surface area contributed by atoms with E-state index in [0.717, 1.165) is 29.7 Å². The number of aryl methyl sites for hydroxylation is 4. The molecule has 0 spiro atoms. The average molecular weight is 540 g/mol. The molecule has 2 aromatic heterocycles. The molecule has 2 amide bonds. The summed E-state index contributed by atoms with van der Waals surface area (Å²) >= 11 is 1.38. The number of phenolic OH excluding ortho intramolecular Hbond substituents is 1. The fraction of sp³-hybridized carbons (Fsp3) is 0.370. The first-order valence-corrected chi connectivity index (χ1v) is 13.2. The fourth-order valence-corrected chi connectivity index (χ4v) is 4.73. The molecule has 202 valence electrons. The summed E-state index contributed by atoms with van der Waals surface area (Å²) in [6.07, 6.45) is 2.40. The highest BCUT2D eigenvalue weighted by Gasteiger charge is 2.26. The highest BCUT2D eigenvalue weighted by Crippen LogP contribution is 2.17. The molecule has 1 aromatic carbocycles. The van der Waals surface area contributed by atoms with Crippen molar-refractivity contribution in [1.29, 1.82) is 0 Å². The number of rotatable bonds is 12. The predicted molar refractivity (Wildman–Crippen MR) is 146 cm³/mol. The number of nitrogens with zero attached hydrogens (tertiary/aromatic N) is 2. The Hall–Kier alpha value is -3.99. The molecular weight excluding hydrogens is 506 g/mol. The highest BCUT2D eigenvalue weighted by molar-refractivity contribution is 7.14. The van der Waals surface area contributed by atoms with Crippen LogP contribution in [-0.2, 0) is 22.4 Å². The number of thiophene rings is 1. The number of hydrogen-bond donors (Lipinski definition) is 4. The third kappa shape index (κ3) is 7.75. The zero-order valence-corrected chi connectivity index (χ0v) is 22.8. The molecule has 38 heavy (non-hydrogen) atoms. The number of benzene rings is 1. The van der Waals surface area contributed by atoms with E-state index in [-0.39, 0.29) is 23.8 Å². The van der Waals surface area contributed by atoms with Crippen LogP contribution in [0.5, 0.6) is 5.75 Å².